The monoisotopic (exact) mass is 256 g/mol. The van der Waals surface area contributed by atoms with Crippen molar-refractivity contribution in [2.24, 2.45) is 5.73 Å². The van der Waals surface area contributed by atoms with E-state index in [-0.39, 0.29) is 11.9 Å². The van der Waals surface area contributed by atoms with Crippen molar-refractivity contribution < 1.29 is 4.39 Å². The van der Waals surface area contributed by atoms with Crippen LogP contribution in [0.5, 0.6) is 0 Å². The summed E-state index contributed by atoms with van der Waals surface area (Å²) in [7, 11) is 0. The molecule has 2 N–H and O–H groups in total. The van der Waals surface area contributed by atoms with E-state index in [0.717, 1.165) is 24.1 Å². The molecule has 0 radical (unpaired) electrons. The summed E-state index contributed by atoms with van der Waals surface area (Å²) < 4.78 is 13.2. The zero-order valence-corrected chi connectivity index (χ0v) is 10.7. The third-order valence-corrected chi connectivity index (χ3v) is 3.88. The molecule has 0 saturated carbocycles. The first-order valence-corrected chi connectivity index (χ1v) is 6.68. The molecular formula is C16H17FN2. The van der Waals surface area contributed by atoms with Gasteiger partial charge in [-0.3, -0.25) is 4.98 Å². The molecule has 1 aromatic carbocycles. The molecule has 3 rings (SSSR count). The topological polar surface area (TPSA) is 38.9 Å². The first-order chi connectivity index (χ1) is 9.24. The fraction of sp³-hybridized carbons (Fsp3) is 0.312. The normalized spacial score (nSPS) is 19.2. The van der Waals surface area contributed by atoms with Crippen molar-refractivity contribution in [3.05, 3.63) is 65.2 Å². The van der Waals surface area contributed by atoms with Crippen LogP contribution < -0.4 is 5.73 Å². The lowest BCUT2D eigenvalue weighted by Gasteiger charge is -2.19. The number of nitrogens with zero attached hydrogens (tertiary/aromatic N) is 1. The number of fused-ring (bicyclic) bond motifs is 1. The number of aryl methyl sites for hydroxylation is 1. The van der Waals surface area contributed by atoms with E-state index in [1.165, 1.54) is 11.6 Å². The summed E-state index contributed by atoms with van der Waals surface area (Å²) in [6.07, 6.45) is 4.61. The smallest absolute Gasteiger partial charge is 0.123 e. The largest absolute Gasteiger partial charge is 0.327 e. The van der Waals surface area contributed by atoms with Crippen LogP contribution in [0.15, 0.2) is 42.6 Å². The fourth-order valence-corrected chi connectivity index (χ4v) is 2.94. The van der Waals surface area contributed by atoms with Crippen LogP contribution in [0.3, 0.4) is 0 Å². The Morgan fingerprint density at radius 3 is 3.05 bits per heavy atom. The van der Waals surface area contributed by atoms with E-state index in [9.17, 15) is 4.39 Å². The van der Waals surface area contributed by atoms with Gasteiger partial charge in [0.25, 0.3) is 0 Å². The van der Waals surface area contributed by atoms with Crippen LogP contribution in [-0.2, 0) is 12.8 Å². The minimum Gasteiger partial charge on any atom is -0.327 e. The van der Waals surface area contributed by atoms with E-state index in [1.807, 2.05) is 18.3 Å². The highest BCUT2D eigenvalue weighted by Crippen LogP contribution is 2.33. The van der Waals surface area contributed by atoms with E-state index in [2.05, 4.69) is 11.1 Å². The SMILES string of the molecule is NC(Cc1cccc(F)c1)C1CCc2cccnc21. The van der Waals surface area contributed by atoms with Crippen LogP contribution in [0.4, 0.5) is 4.39 Å². The molecule has 0 saturated heterocycles. The highest BCUT2D eigenvalue weighted by molar-refractivity contribution is 5.30. The third kappa shape index (κ3) is 2.51. The fourth-order valence-electron chi connectivity index (χ4n) is 2.94. The van der Waals surface area contributed by atoms with E-state index < -0.39 is 0 Å². The molecule has 1 aliphatic rings. The quantitative estimate of drug-likeness (QED) is 0.917. The van der Waals surface area contributed by atoms with E-state index in [1.54, 1.807) is 12.1 Å². The summed E-state index contributed by atoms with van der Waals surface area (Å²) in [5, 5.41) is 0. The van der Waals surface area contributed by atoms with Crippen molar-refractivity contribution in [1.29, 1.82) is 0 Å². The molecule has 0 spiro atoms. The summed E-state index contributed by atoms with van der Waals surface area (Å²) in [5.74, 6) is 0.0918. The van der Waals surface area contributed by atoms with Gasteiger partial charge in [-0.2, -0.15) is 0 Å². The molecule has 3 heteroatoms. The van der Waals surface area contributed by atoms with Crippen LogP contribution >= 0.6 is 0 Å². The maximum Gasteiger partial charge on any atom is 0.123 e. The number of rotatable bonds is 3. The summed E-state index contributed by atoms with van der Waals surface area (Å²) >= 11 is 0. The number of aromatic nitrogens is 1. The van der Waals surface area contributed by atoms with Crippen LogP contribution in [-0.4, -0.2) is 11.0 Å². The Morgan fingerprint density at radius 2 is 2.21 bits per heavy atom. The summed E-state index contributed by atoms with van der Waals surface area (Å²) in [6, 6.07) is 10.8. The number of hydrogen-bond donors (Lipinski definition) is 1. The molecule has 1 aliphatic carbocycles. The first-order valence-electron chi connectivity index (χ1n) is 6.68. The highest BCUT2D eigenvalue weighted by Gasteiger charge is 2.28. The Morgan fingerprint density at radius 1 is 1.32 bits per heavy atom. The minimum absolute atomic E-state index is 0.00190. The van der Waals surface area contributed by atoms with E-state index >= 15 is 0 Å². The van der Waals surface area contributed by atoms with Crippen molar-refractivity contribution in [3.63, 3.8) is 0 Å². The molecule has 0 aliphatic heterocycles. The molecule has 98 valence electrons. The van der Waals surface area contributed by atoms with Crippen LogP contribution in [0.25, 0.3) is 0 Å². The molecule has 2 unspecified atom stereocenters. The van der Waals surface area contributed by atoms with Crippen molar-refractivity contribution in [3.8, 4) is 0 Å². The van der Waals surface area contributed by atoms with Gasteiger partial charge in [0.05, 0.1) is 0 Å². The number of halogens is 1. The highest BCUT2D eigenvalue weighted by atomic mass is 19.1. The molecule has 2 nitrogen and oxygen atoms in total. The van der Waals surface area contributed by atoms with Gasteiger partial charge in [0.15, 0.2) is 0 Å². The number of pyridine rings is 1. The molecule has 1 aromatic heterocycles. The van der Waals surface area contributed by atoms with Crippen molar-refractivity contribution in [2.75, 3.05) is 0 Å². The van der Waals surface area contributed by atoms with Crippen molar-refractivity contribution >= 4 is 0 Å². The lowest BCUT2D eigenvalue weighted by Crippen LogP contribution is -2.30. The Hall–Kier alpha value is -1.74. The maximum absolute atomic E-state index is 13.2. The van der Waals surface area contributed by atoms with Gasteiger partial charge < -0.3 is 5.73 Å². The molecule has 2 atom stereocenters. The molecule has 0 fully saturated rings. The summed E-state index contributed by atoms with van der Waals surface area (Å²) in [6.45, 7) is 0. The second-order valence-corrected chi connectivity index (χ2v) is 5.19. The number of hydrogen-bond acceptors (Lipinski definition) is 2. The van der Waals surface area contributed by atoms with Gasteiger partial charge in [-0.15, -0.1) is 0 Å². The molecule has 19 heavy (non-hydrogen) atoms. The predicted molar refractivity (Wildman–Crippen MR) is 73.4 cm³/mol. The van der Waals surface area contributed by atoms with E-state index in [0.29, 0.717) is 12.3 Å². The van der Waals surface area contributed by atoms with Gasteiger partial charge in [-0.05, 0) is 48.6 Å². The lowest BCUT2D eigenvalue weighted by molar-refractivity contribution is 0.515. The van der Waals surface area contributed by atoms with Crippen LogP contribution in [0, 0.1) is 5.82 Å². The zero-order valence-electron chi connectivity index (χ0n) is 10.7. The number of benzene rings is 1. The molecule has 0 amide bonds. The first kappa shape index (κ1) is 12.3. The van der Waals surface area contributed by atoms with Gasteiger partial charge in [0, 0.05) is 23.9 Å². The van der Waals surface area contributed by atoms with Crippen molar-refractivity contribution in [1.82, 2.24) is 4.98 Å². The maximum atomic E-state index is 13.2. The van der Waals surface area contributed by atoms with Gasteiger partial charge in [-0.25, -0.2) is 4.39 Å². The third-order valence-electron chi connectivity index (χ3n) is 3.88. The Balaban J connectivity index is 1.77. The van der Waals surface area contributed by atoms with Crippen LogP contribution in [0.2, 0.25) is 0 Å². The average Bonchev–Trinajstić information content (AvgIpc) is 2.82. The molecule has 1 heterocycles. The lowest BCUT2D eigenvalue weighted by atomic mass is 9.92. The second kappa shape index (κ2) is 5.10. The van der Waals surface area contributed by atoms with E-state index in [4.69, 9.17) is 5.73 Å². The molecular weight excluding hydrogens is 239 g/mol. The zero-order chi connectivity index (χ0) is 13.2. The Labute approximate surface area is 112 Å². The molecule has 0 bridgehead atoms. The number of nitrogens with two attached hydrogens (primary N) is 1. The molecule has 2 aromatic rings. The van der Waals surface area contributed by atoms with Crippen molar-refractivity contribution in [2.45, 2.75) is 31.2 Å². The Bertz CT molecular complexity index is 582. The van der Waals surface area contributed by atoms with Crippen LogP contribution in [0.1, 0.15) is 29.2 Å². The van der Waals surface area contributed by atoms with Gasteiger partial charge in [0.2, 0.25) is 0 Å². The van der Waals surface area contributed by atoms with Gasteiger partial charge in [-0.1, -0.05) is 18.2 Å². The summed E-state index contributed by atoms with van der Waals surface area (Å²) in [5.41, 5.74) is 9.71. The predicted octanol–water partition coefficient (Wildman–Crippen LogP) is 2.82. The summed E-state index contributed by atoms with van der Waals surface area (Å²) in [4.78, 5) is 4.47. The average molecular weight is 256 g/mol. The second-order valence-electron chi connectivity index (χ2n) is 5.19. The standard InChI is InChI=1S/C16H17FN2/c17-13-5-1-3-11(9-13)10-15(18)14-7-6-12-4-2-8-19-16(12)14/h1-5,8-9,14-15H,6-7,10,18H2. The Kier molecular flexibility index (Phi) is 3.30. The minimum atomic E-state index is -0.199. The van der Waals surface area contributed by atoms with Gasteiger partial charge >= 0.3 is 0 Å². The van der Waals surface area contributed by atoms with Gasteiger partial charge in [0.1, 0.15) is 5.82 Å².